The fourth-order valence-electron chi connectivity index (χ4n) is 25.0. The van der Waals surface area contributed by atoms with Crippen molar-refractivity contribution in [3.05, 3.63) is 35.4 Å². The van der Waals surface area contributed by atoms with Crippen molar-refractivity contribution in [2.45, 2.75) is 269 Å². The van der Waals surface area contributed by atoms with Crippen molar-refractivity contribution in [2.75, 3.05) is 0 Å². The molecule has 16 saturated carbocycles. The van der Waals surface area contributed by atoms with Gasteiger partial charge < -0.3 is 0 Å². The van der Waals surface area contributed by atoms with E-state index < -0.39 is 15.8 Å². The Morgan fingerprint density at radius 3 is 0.721 bits per heavy atom. The molecule has 0 saturated heterocycles. The molecule has 16 aliphatic rings. The number of hydrogen-bond donors (Lipinski definition) is 0. The zero-order valence-electron chi connectivity index (χ0n) is 46.1. The van der Waals surface area contributed by atoms with Crippen LogP contribution in [-0.4, -0.2) is 36.3 Å². The second-order valence-corrected chi connectivity index (χ2v) is 40.5. The van der Waals surface area contributed by atoms with Crippen molar-refractivity contribution in [3.63, 3.8) is 0 Å². The molecule has 0 spiro atoms. The van der Waals surface area contributed by atoms with Crippen molar-refractivity contribution in [3.8, 4) is 0 Å². The molecule has 16 bridgehead atoms. The molecule has 16 aliphatic carbocycles. The maximum absolute atomic E-state index is 8.77. The lowest BCUT2D eigenvalue weighted by Crippen LogP contribution is -2.64. The topological polar surface area (TPSA) is 0 Å². The van der Waals surface area contributed by atoms with Crippen molar-refractivity contribution >= 4 is 31.5 Å². The first kappa shape index (κ1) is 47.9. The third kappa shape index (κ3) is 6.56. The van der Waals surface area contributed by atoms with Gasteiger partial charge in [0.05, 0.1) is 15.7 Å². The van der Waals surface area contributed by atoms with Gasteiger partial charge in [0.1, 0.15) is 0 Å². The fourth-order valence-corrected chi connectivity index (χ4v) is 35.9. The van der Waals surface area contributed by atoms with E-state index in [9.17, 15) is 0 Å². The number of benzene rings is 1. The highest BCUT2D eigenvalue weighted by atomic mass is 31.1. The van der Waals surface area contributed by atoms with Crippen molar-refractivity contribution in [1.29, 1.82) is 0 Å². The molecular weight excluding hydrogens is 852 g/mol. The molecule has 0 N–H and O–H groups in total. The van der Waals surface area contributed by atoms with E-state index in [0.29, 0.717) is 63.9 Å². The second-order valence-electron chi connectivity index (χ2n) is 34.1. The minimum Gasteiger partial charge on any atom is -0.0952 e. The predicted octanol–water partition coefficient (Wildman–Crippen LogP) is 18.5. The number of hydrogen-bond acceptors (Lipinski definition) is 0. The van der Waals surface area contributed by atoms with Gasteiger partial charge in [0.25, 0.3) is 0 Å². The summed E-state index contributed by atoms with van der Waals surface area (Å²) >= 11 is 0. The maximum atomic E-state index is 8.77. The van der Waals surface area contributed by atoms with Crippen molar-refractivity contribution in [1.82, 2.24) is 0 Å². The molecule has 17 rings (SSSR count). The Hall–Kier alpha value is 0.210. The van der Waals surface area contributed by atoms with Crippen LogP contribution < -0.4 is 0 Å². The van der Waals surface area contributed by atoms with E-state index in [0.717, 1.165) is 47.3 Å². The van der Waals surface area contributed by atoms with Gasteiger partial charge in [0.15, 0.2) is 0 Å². The van der Waals surface area contributed by atoms with Gasteiger partial charge in [-0.15, -0.1) is 0 Å². The Kier molecular flexibility index (Phi) is 10.3. The molecule has 1 aromatic rings. The van der Waals surface area contributed by atoms with Gasteiger partial charge in [0, 0.05) is 0 Å². The van der Waals surface area contributed by atoms with Crippen LogP contribution in [0.3, 0.4) is 0 Å². The van der Waals surface area contributed by atoms with Gasteiger partial charge in [-0.05, 0) is 288 Å². The van der Waals surface area contributed by atoms with E-state index >= 15 is 0 Å². The molecule has 370 valence electrons. The molecule has 0 nitrogen and oxygen atoms in total. The molecular formula is C64H98B2P2. The molecule has 10 atom stereocenters. The van der Waals surface area contributed by atoms with Crippen LogP contribution in [0.1, 0.15) is 259 Å². The summed E-state index contributed by atoms with van der Waals surface area (Å²) in [7, 11) is 16.5. The zero-order valence-corrected chi connectivity index (χ0v) is 47.9. The summed E-state index contributed by atoms with van der Waals surface area (Å²) in [6.45, 7) is 31.9. The Balaban J connectivity index is 0.980. The van der Waals surface area contributed by atoms with Crippen LogP contribution in [0.4, 0.5) is 0 Å². The van der Waals surface area contributed by atoms with E-state index in [2.05, 4.69) is 107 Å². The van der Waals surface area contributed by atoms with Crippen molar-refractivity contribution in [2.24, 2.45) is 90.7 Å². The van der Waals surface area contributed by atoms with Crippen LogP contribution in [0.15, 0.2) is 24.3 Å². The van der Waals surface area contributed by atoms with Gasteiger partial charge in [-0.2, -0.15) is 0 Å². The third-order valence-corrected chi connectivity index (χ3v) is 34.6. The smallest absolute Gasteiger partial charge is 0.0828 e. The Morgan fingerprint density at radius 1 is 0.353 bits per heavy atom. The van der Waals surface area contributed by atoms with Crippen molar-refractivity contribution < 1.29 is 0 Å². The monoisotopic (exact) mass is 951 g/mol. The summed E-state index contributed by atoms with van der Waals surface area (Å²) < 4.78 is 0. The minimum atomic E-state index is -0.537. The zero-order chi connectivity index (χ0) is 47.9. The first-order valence-corrected chi connectivity index (χ1v) is 32.6. The molecule has 0 aromatic heterocycles. The predicted molar refractivity (Wildman–Crippen MR) is 294 cm³/mol. The highest BCUT2D eigenvalue weighted by Crippen LogP contribution is 2.89. The van der Waals surface area contributed by atoms with E-state index in [1.807, 2.05) is 0 Å². The Bertz CT molecular complexity index is 1860. The second kappa shape index (κ2) is 14.6. The van der Waals surface area contributed by atoms with E-state index in [1.165, 1.54) is 154 Å². The van der Waals surface area contributed by atoms with Crippen LogP contribution >= 0.6 is 15.8 Å². The van der Waals surface area contributed by atoms with Gasteiger partial charge in [-0.25, -0.2) is 0 Å². The molecule has 0 aliphatic heterocycles. The molecule has 0 heterocycles. The third-order valence-electron chi connectivity index (χ3n) is 26.7. The molecule has 10 unspecified atom stereocenters. The molecule has 68 heavy (non-hydrogen) atoms. The normalized spacial score (nSPS) is 51.4. The lowest BCUT2D eigenvalue weighted by atomic mass is 9.43. The average Bonchev–Trinajstić information content (AvgIpc) is 3.17. The lowest BCUT2D eigenvalue weighted by Gasteiger charge is -2.75. The van der Waals surface area contributed by atoms with Gasteiger partial charge in [0.2, 0.25) is 0 Å². The summed E-state index contributed by atoms with van der Waals surface area (Å²) in [5.41, 5.74) is 6.64. The highest BCUT2D eigenvalue weighted by Gasteiger charge is 2.73. The quantitative estimate of drug-likeness (QED) is 0.180. The Morgan fingerprint density at radius 2 is 0.544 bits per heavy atom. The van der Waals surface area contributed by atoms with Crippen LogP contribution in [0.5, 0.6) is 0 Å². The van der Waals surface area contributed by atoms with Crippen LogP contribution in [0, 0.1) is 90.7 Å². The molecule has 4 heteroatoms. The lowest BCUT2D eigenvalue weighted by molar-refractivity contribution is -0.113. The fraction of sp³-hybridized carbons (Fsp3) is 0.906. The molecule has 0 amide bonds. The first-order chi connectivity index (χ1) is 31.6. The summed E-state index contributed by atoms with van der Waals surface area (Å²) in [6.07, 6.45) is 35.7. The van der Waals surface area contributed by atoms with Gasteiger partial charge in [-0.3, -0.25) is 0 Å². The van der Waals surface area contributed by atoms with Crippen LogP contribution in [0.25, 0.3) is 0 Å². The highest BCUT2D eigenvalue weighted by molar-refractivity contribution is 7.63. The summed E-state index contributed by atoms with van der Waals surface area (Å²) in [5, 5.41) is 1.60. The van der Waals surface area contributed by atoms with Crippen LogP contribution in [0.2, 0.25) is 0 Å². The molecule has 1 aromatic carbocycles. The summed E-state index contributed by atoms with van der Waals surface area (Å²) in [4.78, 5) is 0. The standard InChI is InChI=1S/C64H98B2P2/c1-53(2,3)57-21-41-17-42(22-57)30-61(29-41,37-57)67(62-31-43-18-44(32-62)24-58(23-43,38-62)54(4,5)6)51(65)49-15-13-14-16-50(49)52(66)68(63-33-45-19-46(34-63)26-59(25-45,39-63)55(7,8)9)64-35-47-20-48(36-64)28-60(27-47,40-64)56(10,11)12/h13-16,41-48,51-52H,17-40H2,1-12H3. The van der Waals surface area contributed by atoms with E-state index in [4.69, 9.17) is 15.7 Å². The van der Waals surface area contributed by atoms with E-state index in [-0.39, 0.29) is 11.1 Å². The maximum Gasteiger partial charge on any atom is 0.0828 e. The molecule has 16 fully saturated rings. The molecule has 4 radical (unpaired) electrons. The van der Waals surface area contributed by atoms with Crippen LogP contribution in [-0.2, 0) is 0 Å². The number of rotatable bonds is 8. The summed E-state index contributed by atoms with van der Waals surface area (Å²) in [5.74, 6) is 7.23. The van der Waals surface area contributed by atoms with Gasteiger partial charge in [-0.1, -0.05) is 123 Å². The van der Waals surface area contributed by atoms with Gasteiger partial charge >= 0.3 is 0 Å². The van der Waals surface area contributed by atoms with E-state index in [1.54, 1.807) is 11.1 Å². The Labute approximate surface area is 424 Å². The SMILES string of the molecule is [B]C(c1ccccc1C([B])P(C12CC3CC(C1)CC(C(C)(C)C)(C3)C2)C12CC3CC(C1)CC(C(C)(C)C)(C3)C2)P(C12CC3CC(C1)CC(C(C)(C)C)(C3)C2)C12CC3CC(C1)CC(C(C)(C)C)(C3)C2. The average molecular weight is 951 g/mol. The largest absolute Gasteiger partial charge is 0.0952 e. The minimum absolute atomic E-state index is 0.125. The first-order valence-electron chi connectivity index (χ1n) is 29.8. The summed E-state index contributed by atoms with van der Waals surface area (Å²) in [6, 6.07) is 10.2.